The van der Waals surface area contributed by atoms with E-state index in [1.165, 1.54) is 0 Å². The molecule has 3 heterocycles. The Morgan fingerprint density at radius 2 is 1.78 bits per heavy atom. The number of aryl methyl sites for hydroxylation is 1. The number of para-hydroxylation sites is 1. The van der Waals surface area contributed by atoms with Gasteiger partial charge in [-0.15, -0.1) is 0 Å². The molecule has 1 atom stereocenters. The van der Waals surface area contributed by atoms with Crippen molar-refractivity contribution < 1.29 is 24.1 Å². The van der Waals surface area contributed by atoms with Crippen molar-refractivity contribution in [2.45, 2.75) is 72.5 Å². The molecule has 8 heteroatoms. The first kappa shape index (κ1) is 30.3. The summed E-state index contributed by atoms with van der Waals surface area (Å²) < 4.78 is 17.6. The van der Waals surface area contributed by atoms with Crippen molar-refractivity contribution in [1.82, 2.24) is 9.97 Å². The van der Waals surface area contributed by atoms with Crippen LogP contribution in [-0.4, -0.2) is 53.5 Å². The number of methoxy groups -OCH3 is 1. The van der Waals surface area contributed by atoms with Gasteiger partial charge in [0.25, 0.3) is 0 Å². The molecule has 0 amide bonds. The Morgan fingerprint density at radius 3 is 2.39 bits per heavy atom. The molecule has 220 valence electrons. The summed E-state index contributed by atoms with van der Waals surface area (Å²) in [6, 6.07) is 11.7. The van der Waals surface area contributed by atoms with Crippen LogP contribution in [0.2, 0.25) is 0 Å². The average Bonchev–Trinajstić information content (AvgIpc) is 2.92. The predicted octanol–water partition coefficient (Wildman–Crippen LogP) is 6.65. The lowest BCUT2D eigenvalue weighted by atomic mass is 9.82. The topological polar surface area (TPSA) is 94.0 Å². The smallest absolute Gasteiger partial charge is 0.337 e. The summed E-state index contributed by atoms with van der Waals surface area (Å²) in [7, 11) is 1.67. The Hall–Kier alpha value is -3.65. The highest BCUT2D eigenvalue weighted by molar-refractivity contribution is 5.85. The van der Waals surface area contributed by atoms with E-state index in [-0.39, 0.29) is 5.41 Å². The first-order valence-corrected chi connectivity index (χ1v) is 14.2. The van der Waals surface area contributed by atoms with Crippen LogP contribution >= 0.6 is 0 Å². The molecule has 8 nitrogen and oxygen atoms in total. The third-order valence-corrected chi connectivity index (χ3v) is 7.52. The molecule has 1 aromatic carbocycles. The molecule has 0 saturated carbocycles. The maximum atomic E-state index is 12.6. The molecular weight excluding hydrogens is 518 g/mol. The van der Waals surface area contributed by atoms with Crippen LogP contribution in [0.4, 0.5) is 5.69 Å². The van der Waals surface area contributed by atoms with E-state index < -0.39 is 17.7 Å². The van der Waals surface area contributed by atoms with Crippen molar-refractivity contribution >= 4 is 11.7 Å². The van der Waals surface area contributed by atoms with E-state index in [9.17, 15) is 9.90 Å². The van der Waals surface area contributed by atoms with Gasteiger partial charge in [-0.3, -0.25) is 9.97 Å². The minimum absolute atomic E-state index is 0.230. The molecule has 1 N–H and O–H groups in total. The number of piperidine rings is 1. The van der Waals surface area contributed by atoms with Crippen molar-refractivity contribution in [1.29, 1.82) is 0 Å². The summed E-state index contributed by atoms with van der Waals surface area (Å²) in [4.78, 5) is 24.3. The van der Waals surface area contributed by atoms with E-state index in [4.69, 9.17) is 19.2 Å². The number of aromatic nitrogens is 2. The van der Waals surface area contributed by atoms with Gasteiger partial charge < -0.3 is 24.2 Å². The number of benzene rings is 1. The standard InChI is InChI=1S/C33H43N3O5/c1-22-28(30(31(37)38)41-32(2,3)4)29(36-17-15-33(5,6)16-18-36)25(21-34-22)26-13-12-24(20-35-26)40-19-14-23-10-8-9-11-27(23)39-7/h8-13,20-21,30H,14-19H2,1-7H3,(H,37,38). The highest BCUT2D eigenvalue weighted by Gasteiger charge is 2.36. The molecule has 1 aliphatic heterocycles. The second kappa shape index (κ2) is 12.5. The molecule has 0 radical (unpaired) electrons. The molecule has 0 spiro atoms. The molecule has 1 aliphatic rings. The molecule has 0 bridgehead atoms. The number of hydrogen-bond donors (Lipinski definition) is 1. The van der Waals surface area contributed by atoms with Crippen LogP contribution in [0.15, 0.2) is 48.8 Å². The fourth-order valence-corrected chi connectivity index (χ4v) is 5.19. The zero-order valence-electron chi connectivity index (χ0n) is 25.4. The van der Waals surface area contributed by atoms with Crippen LogP contribution in [0.5, 0.6) is 11.5 Å². The van der Waals surface area contributed by atoms with Gasteiger partial charge in [0, 0.05) is 42.5 Å². The van der Waals surface area contributed by atoms with Crippen molar-refractivity contribution in [3.8, 4) is 22.8 Å². The molecule has 1 unspecified atom stereocenters. The van der Waals surface area contributed by atoms with Gasteiger partial charge in [0.1, 0.15) is 11.5 Å². The van der Waals surface area contributed by atoms with E-state index in [0.29, 0.717) is 35.7 Å². The number of pyridine rings is 2. The quantitative estimate of drug-likeness (QED) is 0.294. The third-order valence-electron chi connectivity index (χ3n) is 7.52. The van der Waals surface area contributed by atoms with Crippen molar-refractivity contribution in [2.24, 2.45) is 5.41 Å². The minimum atomic E-state index is -1.16. The first-order chi connectivity index (χ1) is 19.4. The summed E-state index contributed by atoms with van der Waals surface area (Å²) in [5.41, 5.74) is 4.21. The van der Waals surface area contributed by atoms with E-state index in [0.717, 1.165) is 48.5 Å². The normalized spacial score (nSPS) is 15.8. The first-order valence-electron chi connectivity index (χ1n) is 14.2. The SMILES string of the molecule is COc1ccccc1CCOc1ccc(-c2cnc(C)c(C(OC(C)(C)C)C(=O)O)c2N2CCC(C)(C)CC2)nc1. The fraction of sp³-hybridized carbons (Fsp3) is 0.485. The van der Waals surface area contributed by atoms with Gasteiger partial charge in [-0.05, 0) is 69.7 Å². The number of rotatable bonds is 10. The predicted molar refractivity (Wildman–Crippen MR) is 161 cm³/mol. The lowest BCUT2D eigenvalue weighted by Crippen LogP contribution is -2.39. The summed E-state index contributed by atoms with van der Waals surface area (Å²) in [5, 5.41) is 10.3. The van der Waals surface area contributed by atoms with Gasteiger partial charge in [-0.25, -0.2) is 4.79 Å². The average molecular weight is 562 g/mol. The monoisotopic (exact) mass is 561 g/mol. The second-order valence-corrected chi connectivity index (χ2v) is 12.4. The van der Waals surface area contributed by atoms with Gasteiger partial charge in [-0.1, -0.05) is 32.0 Å². The number of carboxylic acid groups (broad SMARTS) is 1. The Balaban J connectivity index is 1.67. The van der Waals surface area contributed by atoms with E-state index in [1.54, 1.807) is 19.5 Å². The third kappa shape index (κ3) is 7.55. The molecule has 0 aliphatic carbocycles. The number of carboxylic acids is 1. The summed E-state index contributed by atoms with van der Waals surface area (Å²) >= 11 is 0. The number of nitrogens with zero attached hydrogens (tertiary/aromatic N) is 3. The summed E-state index contributed by atoms with van der Waals surface area (Å²) in [6.45, 7) is 14.1. The largest absolute Gasteiger partial charge is 0.496 e. The van der Waals surface area contributed by atoms with Gasteiger partial charge in [-0.2, -0.15) is 0 Å². The minimum Gasteiger partial charge on any atom is -0.496 e. The van der Waals surface area contributed by atoms with Gasteiger partial charge in [0.15, 0.2) is 6.10 Å². The van der Waals surface area contributed by atoms with Crippen LogP contribution in [0.1, 0.15) is 70.4 Å². The number of carbonyl (C=O) groups is 1. The Labute approximate surface area is 243 Å². The lowest BCUT2D eigenvalue weighted by molar-refractivity contribution is -0.160. The molecule has 1 fully saturated rings. The lowest BCUT2D eigenvalue weighted by Gasteiger charge is -2.40. The van der Waals surface area contributed by atoms with Crippen molar-refractivity contribution in [3.05, 3.63) is 65.6 Å². The van der Waals surface area contributed by atoms with Crippen LogP contribution < -0.4 is 14.4 Å². The maximum absolute atomic E-state index is 12.6. The Morgan fingerprint density at radius 1 is 1.07 bits per heavy atom. The molecule has 2 aromatic heterocycles. The van der Waals surface area contributed by atoms with Gasteiger partial charge >= 0.3 is 5.97 Å². The molecule has 4 rings (SSSR count). The Bertz CT molecular complexity index is 1340. The number of aliphatic carboxylic acids is 1. The maximum Gasteiger partial charge on any atom is 0.337 e. The zero-order valence-corrected chi connectivity index (χ0v) is 25.4. The van der Waals surface area contributed by atoms with E-state index in [2.05, 4.69) is 23.7 Å². The number of hydrogen-bond acceptors (Lipinski definition) is 7. The highest BCUT2D eigenvalue weighted by atomic mass is 16.5. The van der Waals surface area contributed by atoms with E-state index in [1.807, 2.05) is 64.1 Å². The van der Waals surface area contributed by atoms with Crippen molar-refractivity contribution in [2.75, 3.05) is 31.7 Å². The van der Waals surface area contributed by atoms with Gasteiger partial charge in [0.05, 0.1) is 36.9 Å². The number of anilines is 1. The van der Waals surface area contributed by atoms with E-state index >= 15 is 0 Å². The summed E-state index contributed by atoms with van der Waals surface area (Å²) in [6.07, 6.45) is 5.05. The Kier molecular flexibility index (Phi) is 9.22. The van der Waals surface area contributed by atoms with Crippen molar-refractivity contribution in [3.63, 3.8) is 0 Å². The van der Waals surface area contributed by atoms with Crippen LogP contribution in [0.3, 0.4) is 0 Å². The highest BCUT2D eigenvalue weighted by Crippen LogP contribution is 2.43. The molecular formula is C33H43N3O5. The van der Waals surface area contributed by atoms with Gasteiger partial charge in [0.2, 0.25) is 0 Å². The fourth-order valence-electron chi connectivity index (χ4n) is 5.19. The number of ether oxygens (including phenoxy) is 3. The molecule has 1 saturated heterocycles. The van der Waals surface area contributed by atoms with Crippen LogP contribution in [0, 0.1) is 12.3 Å². The summed E-state index contributed by atoms with van der Waals surface area (Å²) in [5.74, 6) is 0.466. The van der Waals surface area contributed by atoms with Crippen LogP contribution in [0.25, 0.3) is 11.3 Å². The molecule has 3 aromatic rings. The zero-order chi connectivity index (χ0) is 29.8. The van der Waals surface area contributed by atoms with Crippen LogP contribution in [-0.2, 0) is 16.0 Å². The molecule has 41 heavy (non-hydrogen) atoms. The second-order valence-electron chi connectivity index (χ2n) is 12.4.